The van der Waals surface area contributed by atoms with Crippen LogP contribution in [0, 0.1) is 13.8 Å². The fourth-order valence-electron chi connectivity index (χ4n) is 2.42. The highest BCUT2D eigenvalue weighted by Gasteiger charge is 2.17. The van der Waals surface area contributed by atoms with E-state index in [0.29, 0.717) is 0 Å². The van der Waals surface area contributed by atoms with Crippen LogP contribution >= 0.6 is 0 Å². The first-order chi connectivity index (χ1) is 12.8. The summed E-state index contributed by atoms with van der Waals surface area (Å²) in [6, 6.07) is 13.7. The van der Waals surface area contributed by atoms with Gasteiger partial charge in [-0.25, -0.2) is 8.42 Å². The number of hydrogen-bond acceptors (Lipinski definition) is 6. The quantitative estimate of drug-likeness (QED) is 0.699. The van der Waals surface area contributed by atoms with E-state index in [2.05, 4.69) is 15.5 Å². The van der Waals surface area contributed by atoms with Crippen LogP contribution < -0.4 is 5.32 Å². The van der Waals surface area contributed by atoms with Crippen LogP contribution in [0.2, 0.25) is 0 Å². The van der Waals surface area contributed by atoms with Crippen molar-refractivity contribution in [1.82, 2.24) is 10.2 Å². The molecule has 3 rings (SSSR count). The summed E-state index contributed by atoms with van der Waals surface area (Å²) in [7, 11) is -3.52. The first-order valence-corrected chi connectivity index (χ1v) is 9.99. The van der Waals surface area contributed by atoms with Gasteiger partial charge in [-0.1, -0.05) is 29.4 Å². The Balaban J connectivity index is 1.62. The third kappa shape index (κ3) is 4.59. The van der Waals surface area contributed by atoms with Crippen LogP contribution in [0.15, 0.2) is 57.8 Å². The van der Waals surface area contributed by atoms with Gasteiger partial charge < -0.3 is 4.42 Å². The lowest BCUT2D eigenvalue weighted by molar-refractivity contribution is -0.115. The van der Waals surface area contributed by atoms with Crippen LogP contribution in [0.4, 0.5) is 6.01 Å². The number of amides is 1. The topological polar surface area (TPSA) is 102 Å². The molecule has 0 saturated carbocycles. The van der Waals surface area contributed by atoms with Crippen LogP contribution in [0.3, 0.4) is 0 Å². The molecule has 0 aliphatic carbocycles. The molecule has 3 aromatic rings. The molecule has 1 heterocycles. The van der Waals surface area contributed by atoms with Crippen molar-refractivity contribution in [3.63, 3.8) is 0 Å². The molecule has 8 heteroatoms. The van der Waals surface area contributed by atoms with Gasteiger partial charge in [-0.15, -0.1) is 5.10 Å². The molecule has 1 amide bonds. The van der Waals surface area contributed by atoms with Crippen LogP contribution in [0.25, 0.3) is 11.5 Å². The lowest BCUT2D eigenvalue weighted by Gasteiger charge is -2.04. The predicted molar refractivity (Wildman–Crippen MR) is 101 cm³/mol. The van der Waals surface area contributed by atoms with Gasteiger partial charge >= 0.3 is 6.01 Å². The zero-order valence-corrected chi connectivity index (χ0v) is 15.8. The van der Waals surface area contributed by atoms with E-state index in [1.807, 2.05) is 32.0 Å². The Kier molecular flexibility index (Phi) is 5.36. The zero-order valence-electron chi connectivity index (χ0n) is 15.0. The van der Waals surface area contributed by atoms with Gasteiger partial charge in [0.05, 0.1) is 10.6 Å². The molecule has 0 spiro atoms. The Morgan fingerprint density at radius 1 is 1.04 bits per heavy atom. The second-order valence-electron chi connectivity index (χ2n) is 6.14. The van der Waals surface area contributed by atoms with Gasteiger partial charge in [0.15, 0.2) is 9.84 Å². The summed E-state index contributed by atoms with van der Waals surface area (Å²) in [5.74, 6) is -0.531. The number of nitrogens with zero attached hydrogens (tertiary/aromatic N) is 2. The molecule has 0 radical (unpaired) electrons. The van der Waals surface area contributed by atoms with E-state index >= 15 is 0 Å². The maximum atomic E-state index is 12.2. The number of carbonyl (C=O) groups is 1. The smallest absolute Gasteiger partial charge is 0.322 e. The molecule has 0 aliphatic rings. The second-order valence-corrected chi connectivity index (χ2v) is 8.25. The third-order valence-corrected chi connectivity index (χ3v) is 5.86. The minimum Gasteiger partial charge on any atom is -0.403 e. The lowest BCUT2D eigenvalue weighted by atomic mass is 10.1. The van der Waals surface area contributed by atoms with Crippen molar-refractivity contribution < 1.29 is 17.6 Å². The fraction of sp³-hybridized carbons (Fsp3) is 0.211. The van der Waals surface area contributed by atoms with E-state index in [9.17, 15) is 13.2 Å². The molecular weight excluding hydrogens is 366 g/mol. The summed E-state index contributed by atoms with van der Waals surface area (Å²) in [6.07, 6.45) is -0.210. The number of rotatable bonds is 6. The predicted octanol–water partition coefficient (Wildman–Crippen LogP) is 3.16. The van der Waals surface area contributed by atoms with Gasteiger partial charge in [0.25, 0.3) is 0 Å². The van der Waals surface area contributed by atoms with Crippen molar-refractivity contribution in [2.24, 2.45) is 0 Å². The molecular formula is C19H19N3O4S. The highest BCUT2D eigenvalue weighted by molar-refractivity contribution is 7.91. The van der Waals surface area contributed by atoms with Crippen LogP contribution in [0.5, 0.6) is 0 Å². The number of carbonyl (C=O) groups excluding carboxylic acids is 1. The zero-order chi connectivity index (χ0) is 19.4. The fourth-order valence-corrected chi connectivity index (χ4v) is 3.68. The minimum absolute atomic E-state index is 0.0645. The highest BCUT2D eigenvalue weighted by Crippen LogP contribution is 2.22. The number of benzene rings is 2. The maximum Gasteiger partial charge on any atom is 0.322 e. The van der Waals surface area contributed by atoms with E-state index in [4.69, 9.17) is 4.42 Å². The number of anilines is 1. The van der Waals surface area contributed by atoms with E-state index < -0.39 is 15.7 Å². The average molecular weight is 385 g/mol. The van der Waals surface area contributed by atoms with Crippen LogP contribution in [-0.2, 0) is 14.6 Å². The molecule has 2 aromatic carbocycles. The molecule has 0 bridgehead atoms. The largest absolute Gasteiger partial charge is 0.403 e. The number of sulfone groups is 1. The van der Waals surface area contributed by atoms with Gasteiger partial charge in [0, 0.05) is 12.0 Å². The summed E-state index contributed by atoms with van der Waals surface area (Å²) in [5, 5.41) is 10.1. The van der Waals surface area contributed by atoms with E-state index in [1.165, 1.54) is 12.1 Å². The van der Waals surface area contributed by atoms with Crippen LogP contribution in [-0.4, -0.2) is 30.3 Å². The van der Waals surface area contributed by atoms with Gasteiger partial charge in [0.1, 0.15) is 0 Å². The number of aromatic nitrogens is 2. The Hall–Kier alpha value is -3.00. The number of hydrogen-bond donors (Lipinski definition) is 1. The van der Waals surface area contributed by atoms with Crippen molar-refractivity contribution in [3.8, 4) is 11.5 Å². The van der Waals surface area contributed by atoms with E-state index in [0.717, 1.165) is 16.7 Å². The monoisotopic (exact) mass is 385 g/mol. The molecule has 0 saturated heterocycles. The minimum atomic E-state index is -3.52. The molecule has 0 unspecified atom stereocenters. The normalized spacial score (nSPS) is 11.3. The highest BCUT2D eigenvalue weighted by atomic mass is 32.2. The summed E-state index contributed by atoms with van der Waals surface area (Å²) in [5.41, 5.74) is 2.98. The van der Waals surface area contributed by atoms with Gasteiger partial charge in [-0.3, -0.25) is 10.1 Å². The van der Waals surface area contributed by atoms with E-state index in [1.54, 1.807) is 18.2 Å². The molecule has 27 heavy (non-hydrogen) atoms. The summed E-state index contributed by atoms with van der Waals surface area (Å²) < 4.78 is 29.9. The van der Waals surface area contributed by atoms with Crippen molar-refractivity contribution in [2.75, 3.05) is 11.1 Å². The molecule has 1 N–H and O–H groups in total. The van der Waals surface area contributed by atoms with E-state index in [-0.39, 0.29) is 29.0 Å². The van der Waals surface area contributed by atoms with Crippen LogP contribution in [0.1, 0.15) is 17.5 Å². The molecule has 7 nitrogen and oxygen atoms in total. The molecule has 140 valence electrons. The Morgan fingerprint density at radius 2 is 1.78 bits per heavy atom. The first-order valence-electron chi connectivity index (χ1n) is 8.34. The molecule has 0 atom stereocenters. The van der Waals surface area contributed by atoms with Gasteiger partial charge in [-0.2, -0.15) is 0 Å². The maximum absolute atomic E-state index is 12.2. The molecule has 1 aromatic heterocycles. The average Bonchev–Trinajstić information content (AvgIpc) is 3.11. The Morgan fingerprint density at radius 3 is 2.48 bits per heavy atom. The van der Waals surface area contributed by atoms with Crippen molar-refractivity contribution in [3.05, 3.63) is 59.7 Å². The van der Waals surface area contributed by atoms with Crippen molar-refractivity contribution in [2.45, 2.75) is 25.2 Å². The van der Waals surface area contributed by atoms with Crippen molar-refractivity contribution in [1.29, 1.82) is 0 Å². The SMILES string of the molecule is Cc1ccc(-c2nnc(NC(=O)CCS(=O)(=O)c3ccccc3)o2)cc1C. The summed E-state index contributed by atoms with van der Waals surface area (Å²) in [4.78, 5) is 12.2. The lowest BCUT2D eigenvalue weighted by Crippen LogP contribution is -2.17. The molecule has 0 aliphatic heterocycles. The standard InChI is InChI=1S/C19H19N3O4S/c1-13-8-9-15(12-14(13)2)18-21-22-19(26-18)20-17(23)10-11-27(24,25)16-6-4-3-5-7-16/h3-9,12H,10-11H2,1-2H3,(H,20,22,23). The van der Waals surface area contributed by atoms with Gasteiger partial charge in [-0.05, 0) is 49.2 Å². The second kappa shape index (κ2) is 7.71. The summed E-state index contributed by atoms with van der Waals surface area (Å²) in [6.45, 7) is 3.98. The Labute approximate surface area is 157 Å². The third-order valence-electron chi connectivity index (χ3n) is 4.13. The first kappa shape index (κ1) is 18.8. The number of aryl methyl sites for hydroxylation is 2. The Bertz CT molecular complexity index is 1060. The molecule has 0 fully saturated rings. The van der Waals surface area contributed by atoms with Crippen molar-refractivity contribution >= 4 is 21.8 Å². The van der Waals surface area contributed by atoms with Gasteiger partial charge in [0.2, 0.25) is 11.8 Å². The number of nitrogens with one attached hydrogen (secondary N) is 1. The summed E-state index contributed by atoms with van der Waals surface area (Å²) >= 11 is 0.